The number of sulfonamides is 1. The molecule has 32 heavy (non-hydrogen) atoms. The number of ether oxygens (including phenoxy) is 1. The van der Waals surface area contributed by atoms with E-state index in [1.54, 1.807) is 12.1 Å². The van der Waals surface area contributed by atoms with Gasteiger partial charge >= 0.3 is 5.97 Å². The fourth-order valence-corrected chi connectivity index (χ4v) is 5.06. The molecule has 2 aromatic carbocycles. The van der Waals surface area contributed by atoms with Crippen LogP contribution in [0, 0.1) is 11.7 Å². The predicted molar refractivity (Wildman–Crippen MR) is 117 cm³/mol. The second-order valence-corrected chi connectivity index (χ2v) is 9.86. The van der Waals surface area contributed by atoms with Crippen molar-refractivity contribution in [2.75, 3.05) is 26.2 Å². The Morgan fingerprint density at radius 2 is 1.81 bits per heavy atom. The number of nitrogens with one attached hydrogen (secondary N) is 1. The zero-order valence-electron chi connectivity index (χ0n) is 17.3. The van der Waals surface area contributed by atoms with Crippen LogP contribution in [0.1, 0.15) is 18.4 Å². The number of hydrogen-bond acceptors (Lipinski definition) is 5. The van der Waals surface area contributed by atoms with Gasteiger partial charge in [-0.2, -0.15) is 4.31 Å². The maximum Gasteiger partial charge on any atom is 0.310 e. The smallest absolute Gasteiger partial charge is 0.310 e. The minimum absolute atomic E-state index is 0.0343. The first kappa shape index (κ1) is 24.2. The molecular formula is C22H24ClFN2O5S. The molecule has 1 unspecified atom stereocenters. The second-order valence-electron chi connectivity index (χ2n) is 7.49. The average molecular weight is 483 g/mol. The number of rotatable bonds is 8. The average Bonchev–Trinajstić information content (AvgIpc) is 2.79. The Morgan fingerprint density at radius 1 is 1.12 bits per heavy atom. The molecule has 1 amide bonds. The van der Waals surface area contributed by atoms with Crippen molar-refractivity contribution < 1.29 is 27.1 Å². The lowest BCUT2D eigenvalue weighted by Crippen LogP contribution is -2.43. The van der Waals surface area contributed by atoms with Gasteiger partial charge in [0.25, 0.3) is 5.91 Å². The van der Waals surface area contributed by atoms with Gasteiger partial charge in [0.15, 0.2) is 6.61 Å². The van der Waals surface area contributed by atoms with Gasteiger partial charge in [0.05, 0.1) is 10.8 Å². The van der Waals surface area contributed by atoms with Gasteiger partial charge in [-0.3, -0.25) is 9.59 Å². The quantitative estimate of drug-likeness (QED) is 0.584. The summed E-state index contributed by atoms with van der Waals surface area (Å²) in [4.78, 5) is 24.3. The Hall–Kier alpha value is -2.49. The number of hydrogen-bond donors (Lipinski definition) is 1. The summed E-state index contributed by atoms with van der Waals surface area (Å²) < 4.78 is 44.9. The summed E-state index contributed by atoms with van der Waals surface area (Å²) in [6, 6.07) is 11.8. The van der Waals surface area contributed by atoms with Crippen molar-refractivity contribution in [2.24, 2.45) is 5.92 Å². The van der Waals surface area contributed by atoms with Crippen molar-refractivity contribution in [3.05, 3.63) is 64.9 Å². The molecule has 1 saturated heterocycles. The summed E-state index contributed by atoms with van der Waals surface area (Å²) in [6.45, 7) is 0.164. The van der Waals surface area contributed by atoms with E-state index in [0.717, 1.165) is 17.7 Å². The van der Waals surface area contributed by atoms with Crippen molar-refractivity contribution in [1.82, 2.24) is 9.62 Å². The number of halogens is 2. The maximum atomic E-state index is 13.1. The monoisotopic (exact) mass is 482 g/mol. The largest absolute Gasteiger partial charge is 0.455 e. The van der Waals surface area contributed by atoms with Gasteiger partial charge in [0.1, 0.15) is 5.82 Å². The highest BCUT2D eigenvalue weighted by atomic mass is 35.5. The molecule has 0 spiro atoms. The molecule has 0 radical (unpaired) electrons. The van der Waals surface area contributed by atoms with Gasteiger partial charge in [-0.15, -0.1) is 0 Å². The Labute approximate surface area is 191 Å². The number of amides is 1. The van der Waals surface area contributed by atoms with Crippen LogP contribution in [0.2, 0.25) is 5.02 Å². The molecule has 0 aromatic heterocycles. The Bertz CT molecular complexity index is 1040. The first-order valence-corrected chi connectivity index (χ1v) is 12.0. The zero-order chi connectivity index (χ0) is 23.1. The van der Waals surface area contributed by atoms with Crippen LogP contribution in [-0.2, 0) is 30.8 Å². The van der Waals surface area contributed by atoms with Crippen LogP contribution in [0.25, 0.3) is 0 Å². The summed E-state index contributed by atoms with van der Waals surface area (Å²) >= 11 is 5.83. The molecule has 3 rings (SSSR count). The molecule has 0 aliphatic carbocycles. The highest BCUT2D eigenvalue weighted by Crippen LogP contribution is 2.24. The van der Waals surface area contributed by atoms with E-state index in [1.807, 2.05) is 12.1 Å². The third-order valence-corrected chi connectivity index (χ3v) is 7.29. The summed E-state index contributed by atoms with van der Waals surface area (Å²) in [7, 11) is -3.85. The first-order valence-electron chi connectivity index (χ1n) is 10.2. The van der Waals surface area contributed by atoms with E-state index >= 15 is 0 Å². The van der Waals surface area contributed by atoms with Gasteiger partial charge in [0.2, 0.25) is 10.0 Å². The number of piperidine rings is 1. The van der Waals surface area contributed by atoms with Gasteiger partial charge in [-0.05, 0) is 61.2 Å². The molecule has 1 aliphatic heterocycles. The van der Waals surface area contributed by atoms with Crippen molar-refractivity contribution in [3.8, 4) is 0 Å². The van der Waals surface area contributed by atoms with Crippen LogP contribution in [0.15, 0.2) is 53.4 Å². The molecule has 172 valence electrons. The van der Waals surface area contributed by atoms with Crippen LogP contribution >= 0.6 is 11.6 Å². The molecule has 1 fully saturated rings. The van der Waals surface area contributed by atoms with E-state index < -0.39 is 40.2 Å². The van der Waals surface area contributed by atoms with Crippen molar-refractivity contribution in [3.63, 3.8) is 0 Å². The summed E-state index contributed by atoms with van der Waals surface area (Å²) in [5.74, 6) is -2.24. The van der Waals surface area contributed by atoms with Crippen LogP contribution in [0.5, 0.6) is 0 Å². The third-order valence-electron chi connectivity index (χ3n) is 5.16. The third kappa shape index (κ3) is 6.51. The SMILES string of the molecule is O=C(COC(=O)C1CCCN(S(=O)(=O)c2ccc(F)cc2)C1)NCCc1ccc(Cl)cc1. The standard InChI is InChI=1S/C22H24ClFN2O5S/c23-18-5-3-16(4-6-18)11-12-25-21(27)15-31-22(28)17-2-1-13-26(14-17)32(29,30)20-9-7-19(24)8-10-20/h3-10,17H,1-2,11-15H2,(H,25,27). The second kappa shape index (κ2) is 10.9. The fraction of sp³-hybridized carbons (Fsp3) is 0.364. The number of carbonyl (C=O) groups is 2. The summed E-state index contributed by atoms with van der Waals surface area (Å²) in [5, 5.41) is 3.31. The van der Waals surface area contributed by atoms with Gasteiger partial charge < -0.3 is 10.1 Å². The Balaban J connectivity index is 1.45. The molecule has 1 aliphatic rings. The number of carbonyl (C=O) groups excluding carboxylic acids is 2. The zero-order valence-corrected chi connectivity index (χ0v) is 18.9. The van der Waals surface area contributed by atoms with Crippen LogP contribution < -0.4 is 5.32 Å². The van der Waals surface area contributed by atoms with E-state index in [2.05, 4.69) is 5.32 Å². The summed E-state index contributed by atoms with van der Waals surface area (Å²) in [6.07, 6.45) is 1.55. The molecule has 1 heterocycles. The Kier molecular flexibility index (Phi) is 8.22. The normalized spacial score (nSPS) is 17.0. The van der Waals surface area contributed by atoms with Crippen molar-refractivity contribution in [1.29, 1.82) is 0 Å². The predicted octanol–water partition coefficient (Wildman–Crippen LogP) is 2.78. The van der Waals surface area contributed by atoms with Gasteiger partial charge in [-0.25, -0.2) is 12.8 Å². The fourth-order valence-electron chi connectivity index (χ4n) is 3.41. The molecule has 10 heteroatoms. The highest BCUT2D eigenvalue weighted by molar-refractivity contribution is 7.89. The van der Waals surface area contributed by atoms with E-state index in [9.17, 15) is 22.4 Å². The topological polar surface area (TPSA) is 92.8 Å². The first-order chi connectivity index (χ1) is 15.3. The lowest BCUT2D eigenvalue weighted by molar-refractivity contribution is -0.153. The van der Waals surface area contributed by atoms with E-state index in [0.29, 0.717) is 30.8 Å². The highest BCUT2D eigenvalue weighted by Gasteiger charge is 2.34. The van der Waals surface area contributed by atoms with Crippen molar-refractivity contribution in [2.45, 2.75) is 24.2 Å². The molecule has 1 atom stereocenters. The maximum absolute atomic E-state index is 13.1. The van der Waals surface area contributed by atoms with E-state index in [-0.39, 0.29) is 18.0 Å². The van der Waals surface area contributed by atoms with Gasteiger partial charge in [0, 0.05) is 24.7 Å². The molecule has 0 bridgehead atoms. The van der Waals surface area contributed by atoms with Crippen LogP contribution in [0.4, 0.5) is 4.39 Å². The van der Waals surface area contributed by atoms with Crippen molar-refractivity contribution >= 4 is 33.5 Å². The summed E-state index contributed by atoms with van der Waals surface area (Å²) in [5.41, 5.74) is 1.01. The van der Waals surface area contributed by atoms with Crippen LogP contribution in [0.3, 0.4) is 0 Å². The molecule has 1 N–H and O–H groups in total. The van der Waals surface area contributed by atoms with E-state index in [1.165, 1.54) is 16.4 Å². The molecule has 0 saturated carbocycles. The Morgan fingerprint density at radius 3 is 2.50 bits per heavy atom. The molecular weight excluding hydrogens is 459 g/mol. The number of esters is 1. The minimum atomic E-state index is -3.85. The van der Waals surface area contributed by atoms with E-state index in [4.69, 9.17) is 16.3 Å². The molecule has 7 nitrogen and oxygen atoms in total. The minimum Gasteiger partial charge on any atom is -0.455 e. The van der Waals surface area contributed by atoms with Gasteiger partial charge in [-0.1, -0.05) is 23.7 Å². The lowest BCUT2D eigenvalue weighted by atomic mass is 10.00. The van der Waals surface area contributed by atoms with Crippen LogP contribution in [-0.4, -0.2) is 50.8 Å². The molecule has 2 aromatic rings. The number of nitrogens with zero attached hydrogens (tertiary/aromatic N) is 1. The lowest BCUT2D eigenvalue weighted by Gasteiger charge is -2.30. The number of benzene rings is 2.